The van der Waals surface area contributed by atoms with Crippen LogP contribution >= 0.6 is 11.8 Å². The number of carbonyl (C=O) groups excluding carboxylic acids is 1. The zero-order valence-corrected chi connectivity index (χ0v) is 22.3. The molecule has 0 unspecified atom stereocenters. The Labute approximate surface area is 219 Å². The minimum atomic E-state index is -0.327. The number of aryl methyl sites for hydroxylation is 1. The Kier molecular flexibility index (Phi) is 6.85. The fourth-order valence-electron chi connectivity index (χ4n) is 5.45. The van der Waals surface area contributed by atoms with Crippen LogP contribution in [0.2, 0.25) is 0 Å². The molecule has 0 spiro atoms. The summed E-state index contributed by atoms with van der Waals surface area (Å²) < 4.78 is 21.2. The minimum absolute atomic E-state index is 0.0453. The topological polar surface area (TPSA) is 67.7 Å². The molecule has 1 saturated heterocycles. The molecule has 0 N–H and O–H groups in total. The summed E-state index contributed by atoms with van der Waals surface area (Å²) in [6, 6.07) is 8.46. The van der Waals surface area contributed by atoms with Crippen LogP contribution < -0.4 is 10.6 Å². The predicted octanol–water partition coefficient (Wildman–Crippen LogP) is 4.24. The van der Waals surface area contributed by atoms with Crippen molar-refractivity contribution in [2.24, 2.45) is 0 Å². The van der Waals surface area contributed by atoms with Crippen LogP contribution in [0.25, 0.3) is 22.0 Å². The van der Waals surface area contributed by atoms with Gasteiger partial charge in [-0.15, -0.1) is 11.8 Å². The summed E-state index contributed by atoms with van der Waals surface area (Å²) in [5, 5.41) is 0.893. The monoisotopic (exact) mass is 522 g/mol. The summed E-state index contributed by atoms with van der Waals surface area (Å²) in [5.74, 6) is 0.922. The van der Waals surface area contributed by atoms with Gasteiger partial charge in [0.05, 0.1) is 18.2 Å². The van der Waals surface area contributed by atoms with Gasteiger partial charge in [-0.25, -0.2) is 9.18 Å². The molecule has 5 rings (SSSR count). The standard InChI is InChI=1S/C28H31FN4O3S/c1-6-23(34)31-12-18(4)32(13-17(31)3)27-22-11-16(2)24(19-7-9-20(29)10-8-19)26-25(22)33(28(35)30-27)14-21(36-5)15-37-26/h6-11,17-18,21H,1,12-15H2,2-5H3/t17-,18+,21+/m1/s1. The smallest absolute Gasteiger partial charge is 0.350 e. The first-order valence-electron chi connectivity index (χ1n) is 12.4. The normalized spacial score (nSPS) is 21.7. The average molecular weight is 523 g/mol. The number of anilines is 1. The lowest BCUT2D eigenvalue weighted by Gasteiger charge is -2.44. The third-order valence-corrected chi connectivity index (χ3v) is 8.60. The fraction of sp³-hybridized carbons (Fsp3) is 0.393. The second kappa shape index (κ2) is 9.95. The molecular weight excluding hydrogens is 491 g/mol. The van der Waals surface area contributed by atoms with Gasteiger partial charge in [0.25, 0.3) is 0 Å². The van der Waals surface area contributed by atoms with Crippen molar-refractivity contribution in [2.75, 3.05) is 30.9 Å². The van der Waals surface area contributed by atoms with Crippen LogP contribution in [0.15, 0.2) is 52.7 Å². The van der Waals surface area contributed by atoms with Gasteiger partial charge < -0.3 is 14.5 Å². The Bertz CT molecular complexity index is 1440. The molecule has 194 valence electrons. The first-order chi connectivity index (χ1) is 17.7. The fourth-order valence-corrected chi connectivity index (χ4v) is 6.82. The molecule has 0 bridgehead atoms. The molecule has 7 nitrogen and oxygen atoms in total. The van der Waals surface area contributed by atoms with E-state index in [1.807, 2.05) is 25.7 Å². The number of hydrogen-bond acceptors (Lipinski definition) is 6. The van der Waals surface area contributed by atoms with E-state index in [-0.39, 0.29) is 35.6 Å². The second-order valence-electron chi connectivity index (χ2n) is 9.84. The van der Waals surface area contributed by atoms with E-state index >= 15 is 0 Å². The lowest BCUT2D eigenvalue weighted by Crippen LogP contribution is -2.58. The Hall–Kier alpha value is -3.17. The third kappa shape index (κ3) is 4.44. The summed E-state index contributed by atoms with van der Waals surface area (Å²) in [7, 11) is 1.66. The maximum absolute atomic E-state index is 13.7. The number of aromatic nitrogens is 2. The SMILES string of the molecule is C=CC(=O)N1C[C@H](C)N(c2nc(=O)n3c4c(c(-c5ccc(F)cc5)c(C)cc24)SC[C@@H](OC)C3)C[C@H]1C. The van der Waals surface area contributed by atoms with Gasteiger partial charge in [0, 0.05) is 53.9 Å². The number of benzene rings is 2. The van der Waals surface area contributed by atoms with Crippen LogP contribution in [0.1, 0.15) is 19.4 Å². The number of rotatable bonds is 4. The number of methoxy groups -OCH3 is 1. The molecule has 2 aromatic carbocycles. The van der Waals surface area contributed by atoms with Gasteiger partial charge in [0.15, 0.2) is 0 Å². The van der Waals surface area contributed by atoms with Crippen molar-refractivity contribution in [2.45, 2.75) is 50.4 Å². The number of hydrogen-bond donors (Lipinski definition) is 0. The van der Waals surface area contributed by atoms with Crippen molar-refractivity contribution in [1.29, 1.82) is 0 Å². The van der Waals surface area contributed by atoms with Crippen molar-refractivity contribution < 1.29 is 13.9 Å². The van der Waals surface area contributed by atoms with E-state index in [1.54, 1.807) is 35.6 Å². The molecule has 3 aromatic rings. The van der Waals surface area contributed by atoms with Crippen molar-refractivity contribution in [3.63, 3.8) is 0 Å². The molecule has 3 heterocycles. The van der Waals surface area contributed by atoms with E-state index in [4.69, 9.17) is 4.74 Å². The van der Waals surface area contributed by atoms with Crippen LogP contribution in [0.4, 0.5) is 10.2 Å². The number of nitrogens with zero attached hydrogens (tertiary/aromatic N) is 4. The lowest BCUT2D eigenvalue weighted by molar-refractivity contribution is -0.128. The molecule has 2 aliphatic heterocycles. The summed E-state index contributed by atoms with van der Waals surface area (Å²) in [4.78, 5) is 35.5. The molecule has 0 radical (unpaired) electrons. The highest BCUT2D eigenvalue weighted by Gasteiger charge is 2.34. The lowest BCUT2D eigenvalue weighted by atomic mass is 9.97. The number of piperazine rings is 1. The number of halogens is 1. The van der Waals surface area contributed by atoms with E-state index < -0.39 is 0 Å². The second-order valence-corrected chi connectivity index (χ2v) is 10.9. The highest BCUT2D eigenvalue weighted by molar-refractivity contribution is 7.99. The van der Waals surface area contributed by atoms with Crippen LogP contribution in [-0.2, 0) is 16.1 Å². The van der Waals surface area contributed by atoms with Gasteiger partial charge in [-0.1, -0.05) is 18.7 Å². The zero-order chi connectivity index (χ0) is 26.4. The van der Waals surface area contributed by atoms with Crippen LogP contribution in [0, 0.1) is 12.7 Å². The summed E-state index contributed by atoms with van der Waals surface area (Å²) in [6.07, 6.45) is 1.19. The summed E-state index contributed by atoms with van der Waals surface area (Å²) in [6.45, 7) is 11.2. The van der Waals surface area contributed by atoms with E-state index in [2.05, 4.69) is 22.5 Å². The molecule has 9 heteroatoms. The Balaban J connectivity index is 1.74. The maximum Gasteiger partial charge on any atom is 0.350 e. The number of ether oxygens (including phenoxy) is 1. The van der Waals surface area contributed by atoms with Crippen LogP contribution in [-0.4, -0.2) is 64.5 Å². The van der Waals surface area contributed by atoms with Gasteiger partial charge in [-0.2, -0.15) is 4.98 Å². The largest absolute Gasteiger partial charge is 0.379 e. The van der Waals surface area contributed by atoms with Crippen molar-refractivity contribution >= 4 is 34.4 Å². The third-order valence-electron chi connectivity index (χ3n) is 7.38. The van der Waals surface area contributed by atoms with Gasteiger partial charge in [0.2, 0.25) is 5.91 Å². The number of amides is 1. The highest BCUT2D eigenvalue weighted by atomic mass is 32.2. The van der Waals surface area contributed by atoms with Gasteiger partial charge >= 0.3 is 5.69 Å². The summed E-state index contributed by atoms with van der Waals surface area (Å²) >= 11 is 1.66. The van der Waals surface area contributed by atoms with Crippen LogP contribution in [0.5, 0.6) is 0 Å². The van der Waals surface area contributed by atoms with Crippen molar-refractivity contribution in [3.8, 4) is 11.1 Å². The Morgan fingerprint density at radius 3 is 2.59 bits per heavy atom. The molecule has 1 amide bonds. The van der Waals surface area contributed by atoms with E-state index in [0.717, 1.165) is 32.5 Å². The molecule has 0 aliphatic carbocycles. The average Bonchev–Trinajstić information content (AvgIpc) is 3.08. The van der Waals surface area contributed by atoms with Crippen molar-refractivity contribution in [3.05, 3.63) is 64.9 Å². The molecule has 1 fully saturated rings. The Morgan fingerprint density at radius 2 is 1.92 bits per heavy atom. The Morgan fingerprint density at radius 1 is 1.19 bits per heavy atom. The van der Waals surface area contributed by atoms with E-state index in [1.165, 1.54) is 18.2 Å². The van der Waals surface area contributed by atoms with Gasteiger partial charge in [-0.05, 0) is 56.2 Å². The molecule has 0 saturated carbocycles. The van der Waals surface area contributed by atoms with Gasteiger partial charge in [-0.3, -0.25) is 9.36 Å². The predicted molar refractivity (Wildman–Crippen MR) is 146 cm³/mol. The van der Waals surface area contributed by atoms with Gasteiger partial charge in [0.1, 0.15) is 11.6 Å². The van der Waals surface area contributed by atoms with Crippen molar-refractivity contribution in [1.82, 2.24) is 14.5 Å². The molecule has 37 heavy (non-hydrogen) atoms. The quantitative estimate of drug-likeness (QED) is 0.478. The maximum atomic E-state index is 13.7. The number of thioether (sulfide) groups is 1. The van der Waals surface area contributed by atoms with E-state index in [9.17, 15) is 14.0 Å². The first kappa shape index (κ1) is 25.5. The molecule has 1 aromatic heterocycles. The molecular formula is C28H31FN4O3S. The van der Waals surface area contributed by atoms with Crippen LogP contribution in [0.3, 0.4) is 0 Å². The minimum Gasteiger partial charge on any atom is -0.379 e. The molecule has 3 atom stereocenters. The zero-order valence-electron chi connectivity index (χ0n) is 21.5. The first-order valence-corrected chi connectivity index (χ1v) is 13.4. The highest BCUT2D eigenvalue weighted by Crippen LogP contribution is 2.44. The molecule has 2 aliphatic rings. The van der Waals surface area contributed by atoms with E-state index in [0.29, 0.717) is 31.2 Å². The number of carbonyl (C=O) groups is 1. The summed E-state index contributed by atoms with van der Waals surface area (Å²) in [5.41, 5.74) is 3.41.